The quantitative estimate of drug-likeness (QED) is 0.234. The van der Waals surface area contributed by atoms with E-state index in [4.69, 9.17) is 31.0 Å². The van der Waals surface area contributed by atoms with Crippen LogP contribution in [0.2, 0.25) is 5.02 Å². The number of carbonyl (C=O) groups is 1. The second-order valence-corrected chi connectivity index (χ2v) is 9.56. The monoisotopic (exact) mass is 550 g/mol. The van der Waals surface area contributed by atoms with Gasteiger partial charge in [-0.05, 0) is 60.7 Å². The lowest BCUT2D eigenvalue weighted by Gasteiger charge is -2.42. The average molecular weight is 551 g/mol. The van der Waals surface area contributed by atoms with Gasteiger partial charge in [0.15, 0.2) is 5.82 Å². The Morgan fingerprint density at radius 2 is 1.72 bits per heavy atom. The van der Waals surface area contributed by atoms with E-state index in [9.17, 15) is 20.1 Å². The molecule has 1 amide bonds. The van der Waals surface area contributed by atoms with Crippen molar-refractivity contribution in [2.24, 2.45) is 0 Å². The zero-order chi connectivity index (χ0) is 27.5. The highest BCUT2D eigenvalue weighted by Crippen LogP contribution is 2.30. The highest BCUT2D eigenvalue weighted by atomic mass is 35.5. The summed E-state index contributed by atoms with van der Waals surface area (Å²) in [5, 5.41) is 37.5. The van der Waals surface area contributed by atoms with Crippen LogP contribution < -0.4 is 15.4 Å². The molecule has 1 aromatic heterocycles. The number of aromatic nitrogens is 2. The molecular weight excluding hydrogens is 524 g/mol. The van der Waals surface area contributed by atoms with Crippen molar-refractivity contribution < 1.29 is 29.6 Å². The number of ether oxygens (including phenoxy) is 2. The number of rotatable bonds is 7. The van der Waals surface area contributed by atoms with Crippen LogP contribution in [0.15, 0.2) is 72.8 Å². The number of benzene rings is 3. The van der Waals surface area contributed by atoms with Gasteiger partial charge in [-0.1, -0.05) is 23.7 Å². The summed E-state index contributed by atoms with van der Waals surface area (Å²) in [4.78, 5) is 21.1. The van der Waals surface area contributed by atoms with Crippen LogP contribution in [-0.2, 0) is 9.53 Å². The Balaban J connectivity index is 1.38. The van der Waals surface area contributed by atoms with Crippen molar-refractivity contribution in [2.45, 2.75) is 37.6 Å². The molecule has 0 bridgehead atoms. The number of amides is 1. The highest BCUT2D eigenvalue weighted by Gasteiger charge is 2.46. The molecule has 5 N–H and O–H groups in total. The van der Waals surface area contributed by atoms with Crippen molar-refractivity contribution in [2.75, 3.05) is 11.9 Å². The van der Waals surface area contributed by atoms with Gasteiger partial charge in [0.05, 0.1) is 12.1 Å². The van der Waals surface area contributed by atoms with Crippen LogP contribution in [0.4, 0.5) is 11.5 Å². The normalized spacial score (nSPS) is 22.8. The fraction of sp³-hybridized carbons (Fsp3) is 0.250. The lowest BCUT2D eigenvalue weighted by molar-refractivity contribution is -0.244. The van der Waals surface area contributed by atoms with Gasteiger partial charge in [0.1, 0.15) is 35.9 Å². The van der Waals surface area contributed by atoms with Crippen molar-refractivity contribution in [3.8, 4) is 17.1 Å². The topological polar surface area (TPSA) is 146 Å². The molecule has 0 unspecified atom stereocenters. The summed E-state index contributed by atoms with van der Waals surface area (Å²) in [6.45, 7) is 0.753. The Hall–Kier alpha value is -3.80. The summed E-state index contributed by atoms with van der Waals surface area (Å²) in [5.74, 6) is 1.12. The van der Waals surface area contributed by atoms with Gasteiger partial charge in [-0.2, -0.15) is 0 Å². The smallest absolute Gasteiger partial charge is 0.223 e. The number of hydrogen-bond donors (Lipinski definition) is 5. The summed E-state index contributed by atoms with van der Waals surface area (Å²) in [7, 11) is 0. The van der Waals surface area contributed by atoms with Crippen molar-refractivity contribution in [3.05, 3.63) is 77.8 Å². The number of para-hydroxylation sites is 1. The molecule has 39 heavy (non-hydrogen) atoms. The van der Waals surface area contributed by atoms with Gasteiger partial charge < -0.3 is 35.4 Å². The van der Waals surface area contributed by atoms with Crippen LogP contribution in [0.25, 0.3) is 22.3 Å². The van der Waals surface area contributed by atoms with Gasteiger partial charge in [-0.15, -0.1) is 0 Å². The molecule has 3 aromatic carbocycles. The molecular formula is C28H27ClN4O6. The molecule has 11 heteroatoms. The second-order valence-electron chi connectivity index (χ2n) is 9.12. The molecule has 202 valence electrons. The largest absolute Gasteiger partial charge is 0.463 e. The summed E-state index contributed by atoms with van der Waals surface area (Å²) >= 11 is 6.04. The summed E-state index contributed by atoms with van der Waals surface area (Å²) in [6, 6.07) is 20.9. The second kappa shape index (κ2) is 11.5. The lowest BCUT2D eigenvalue weighted by atomic mass is 9.97. The van der Waals surface area contributed by atoms with E-state index < -0.39 is 43.2 Å². The zero-order valence-electron chi connectivity index (χ0n) is 20.9. The first kappa shape index (κ1) is 26.8. The number of aliphatic hydroxyl groups is 3. The van der Waals surface area contributed by atoms with E-state index in [2.05, 4.69) is 10.6 Å². The van der Waals surface area contributed by atoms with Crippen molar-refractivity contribution in [1.29, 1.82) is 0 Å². The number of anilines is 2. The molecule has 5 atom stereocenters. The van der Waals surface area contributed by atoms with Crippen LogP contribution in [0.1, 0.15) is 6.92 Å². The van der Waals surface area contributed by atoms with Crippen LogP contribution >= 0.6 is 11.6 Å². The summed E-state index contributed by atoms with van der Waals surface area (Å²) in [5.41, 5.74) is 2.32. The molecule has 5 rings (SSSR count). The first-order valence-corrected chi connectivity index (χ1v) is 12.7. The third-order valence-corrected chi connectivity index (χ3v) is 6.58. The Kier molecular flexibility index (Phi) is 7.92. The Bertz CT molecular complexity index is 1450. The fourth-order valence-electron chi connectivity index (χ4n) is 4.36. The zero-order valence-corrected chi connectivity index (χ0v) is 21.6. The minimum Gasteiger partial charge on any atom is -0.463 e. The van der Waals surface area contributed by atoms with E-state index in [0.717, 1.165) is 22.2 Å². The van der Waals surface area contributed by atoms with E-state index in [1.165, 1.54) is 6.92 Å². The number of hydrogen-bond acceptors (Lipinski definition) is 9. The minimum atomic E-state index is -1.40. The third-order valence-electron chi connectivity index (χ3n) is 6.33. The van der Waals surface area contributed by atoms with Crippen LogP contribution in [0, 0.1) is 0 Å². The molecule has 10 nitrogen and oxygen atoms in total. The van der Waals surface area contributed by atoms with Crippen LogP contribution in [0.3, 0.4) is 0 Å². The van der Waals surface area contributed by atoms with Crippen molar-refractivity contribution in [1.82, 2.24) is 15.3 Å². The van der Waals surface area contributed by atoms with E-state index >= 15 is 0 Å². The summed E-state index contributed by atoms with van der Waals surface area (Å²) < 4.78 is 11.5. The lowest BCUT2D eigenvalue weighted by Crippen LogP contribution is -2.65. The molecule has 1 saturated heterocycles. The van der Waals surface area contributed by atoms with Gasteiger partial charge in [0, 0.05) is 28.6 Å². The van der Waals surface area contributed by atoms with E-state index in [1.807, 2.05) is 36.4 Å². The number of fused-ring (bicyclic) bond motifs is 1. The maximum absolute atomic E-state index is 11.7. The van der Waals surface area contributed by atoms with Crippen molar-refractivity contribution in [3.63, 3.8) is 0 Å². The molecule has 0 saturated carbocycles. The first-order chi connectivity index (χ1) is 18.8. The standard InChI is InChI=1S/C28H27ClN4O6/c1-15(35)30-23-25(37)24(36)22(14-34)39-28(23)38-19-12-10-18(11-13-19)31-27-20-4-2-3-5-21(20)32-26(33-27)16-6-8-17(29)9-7-16/h2-13,22-25,28,34,36-37H,14H2,1H3,(H,30,35)(H,31,32,33)/t22-,23+,24+,25-,28+/m1/s1. The molecule has 0 spiro atoms. The number of nitrogens with zero attached hydrogens (tertiary/aromatic N) is 2. The summed E-state index contributed by atoms with van der Waals surface area (Å²) in [6.07, 6.45) is -5.00. The third kappa shape index (κ3) is 5.95. The maximum Gasteiger partial charge on any atom is 0.223 e. The predicted octanol–water partition coefficient (Wildman–Crippen LogP) is 3.02. The first-order valence-electron chi connectivity index (χ1n) is 12.3. The molecule has 1 aliphatic heterocycles. The molecule has 0 radical (unpaired) electrons. The molecule has 0 aliphatic carbocycles. The van der Waals surface area contributed by atoms with Gasteiger partial charge in [0.2, 0.25) is 12.2 Å². The predicted molar refractivity (Wildman–Crippen MR) is 146 cm³/mol. The van der Waals surface area contributed by atoms with Gasteiger partial charge in [-0.3, -0.25) is 4.79 Å². The average Bonchev–Trinajstić information content (AvgIpc) is 2.94. The number of nitrogens with one attached hydrogen (secondary N) is 2. The Labute approximate surface area is 229 Å². The molecule has 2 heterocycles. The van der Waals surface area contributed by atoms with Crippen LogP contribution in [0.5, 0.6) is 5.75 Å². The van der Waals surface area contributed by atoms with E-state index in [0.29, 0.717) is 22.4 Å². The van der Waals surface area contributed by atoms with E-state index in [-0.39, 0.29) is 0 Å². The van der Waals surface area contributed by atoms with Crippen molar-refractivity contribution >= 4 is 39.9 Å². The minimum absolute atomic E-state index is 0.385. The highest BCUT2D eigenvalue weighted by molar-refractivity contribution is 6.30. The maximum atomic E-state index is 11.7. The fourth-order valence-corrected chi connectivity index (χ4v) is 4.48. The van der Waals surface area contributed by atoms with E-state index in [1.54, 1.807) is 36.4 Å². The molecule has 4 aromatic rings. The molecule has 1 aliphatic rings. The van der Waals surface area contributed by atoms with Gasteiger partial charge in [-0.25, -0.2) is 9.97 Å². The Morgan fingerprint density at radius 1 is 1.00 bits per heavy atom. The number of halogens is 1. The number of aliphatic hydroxyl groups excluding tert-OH is 3. The van der Waals surface area contributed by atoms with Gasteiger partial charge in [0.25, 0.3) is 0 Å². The number of carbonyl (C=O) groups excluding carboxylic acids is 1. The SMILES string of the molecule is CC(=O)N[C@@H]1[C@@H](Oc2ccc(Nc3nc(-c4ccc(Cl)cc4)nc4ccccc34)cc2)O[C@H](CO)[C@H](O)[C@@H]1O. The van der Waals surface area contributed by atoms with Gasteiger partial charge >= 0.3 is 0 Å². The van der Waals surface area contributed by atoms with Crippen LogP contribution in [-0.4, -0.2) is 68.4 Å². The Morgan fingerprint density at radius 3 is 2.41 bits per heavy atom. The molecule has 1 fully saturated rings.